The van der Waals surface area contributed by atoms with E-state index in [9.17, 15) is 9.90 Å². The number of carbonyl (C=O) groups excluding carboxylic acids is 1. The number of aliphatic hydroxyl groups excluding tert-OH is 1. The predicted octanol–water partition coefficient (Wildman–Crippen LogP) is -0.00560. The van der Waals surface area contributed by atoms with E-state index in [1.807, 2.05) is 0 Å². The molecule has 1 aliphatic rings. The summed E-state index contributed by atoms with van der Waals surface area (Å²) < 4.78 is 0. The molecule has 102 valence electrons. The van der Waals surface area contributed by atoms with Crippen molar-refractivity contribution < 1.29 is 19.6 Å². The van der Waals surface area contributed by atoms with E-state index >= 15 is 0 Å². The molecule has 1 N–H and O–H groups in total. The van der Waals surface area contributed by atoms with Crippen molar-refractivity contribution >= 4 is 17.3 Å². The van der Waals surface area contributed by atoms with Gasteiger partial charge in [-0.2, -0.15) is 0 Å². The van der Waals surface area contributed by atoms with Crippen LogP contribution in [0.15, 0.2) is 10.3 Å². The van der Waals surface area contributed by atoms with Crippen molar-refractivity contribution in [2.45, 2.75) is 25.9 Å². The van der Waals surface area contributed by atoms with Crippen LogP contribution in [-0.4, -0.2) is 60.8 Å². The van der Waals surface area contributed by atoms with Gasteiger partial charge in [-0.25, -0.2) is 0 Å². The Morgan fingerprint density at radius 3 is 2.56 bits per heavy atom. The van der Waals surface area contributed by atoms with E-state index in [0.717, 1.165) is 6.42 Å². The second-order valence-electron chi connectivity index (χ2n) is 4.03. The summed E-state index contributed by atoms with van der Waals surface area (Å²) in [6.45, 7) is 2.51. The molecule has 1 atom stereocenters. The maximum atomic E-state index is 12.2. The Kier molecular flexibility index (Phi) is 5.57. The first-order valence-corrected chi connectivity index (χ1v) is 5.76. The molecule has 0 aromatic heterocycles. The minimum absolute atomic E-state index is 0.0912. The molecule has 1 saturated heterocycles. The molecule has 1 rings (SSSR count). The topological polar surface area (TPSA) is 83.7 Å². The van der Waals surface area contributed by atoms with Crippen LogP contribution in [0.2, 0.25) is 0 Å². The van der Waals surface area contributed by atoms with E-state index in [2.05, 4.69) is 20.0 Å². The van der Waals surface area contributed by atoms with E-state index in [-0.39, 0.29) is 11.6 Å². The molecule has 1 unspecified atom stereocenters. The van der Waals surface area contributed by atoms with Gasteiger partial charge in [-0.3, -0.25) is 4.79 Å². The lowest BCUT2D eigenvalue weighted by molar-refractivity contribution is -0.127. The predicted molar refractivity (Wildman–Crippen MR) is 66.4 cm³/mol. The van der Waals surface area contributed by atoms with Crippen LogP contribution in [0.5, 0.6) is 0 Å². The molecule has 0 aromatic carbocycles. The molecule has 0 saturated carbocycles. The average molecular weight is 257 g/mol. The highest BCUT2D eigenvalue weighted by atomic mass is 16.6. The summed E-state index contributed by atoms with van der Waals surface area (Å²) in [6, 6.07) is 0. The third kappa shape index (κ3) is 3.69. The number of rotatable bonds is 4. The molecule has 1 heterocycles. The van der Waals surface area contributed by atoms with Gasteiger partial charge in [0.05, 0.1) is 6.10 Å². The largest absolute Gasteiger partial charge is 0.399 e. The van der Waals surface area contributed by atoms with Crippen molar-refractivity contribution in [2.24, 2.45) is 10.3 Å². The van der Waals surface area contributed by atoms with Crippen LogP contribution < -0.4 is 0 Å². The van der Waals surface area contributed by atoms with Crippen LogP contribution in [0.25, 0.3) is 0 Å². The third-order valence-corrected chi connectivity index (χ3v) is 2.64. The fraction of sp³-hybridized carbons (Fsp3) is 0.727. The Balaban J connectivity index is 2.83. The number of piperidine rings is 1. The lowest BCUT2D eigenvalue weighted by Crippen LogP contribution is -2.46. The van der Waals surface area contributed by atoms with Crippen LogP contribution in [0.4, 0.5) is 0 Å². The number of hydrogen-bond donors (Lipinski definition) is 1. The molecule has 0 radical (unpaired) electrons. The van der Waals surface area contributed by atoms with E-state index in [1.54, 1.807) is 11.8 Å². The van der Waals surface area contributed by atoms with E-state index in [1.165, 1.54) is 14.2 Å². The van der Waals surface area contributed by atoms with Gasteiger partial charge in [0.25, 0.3) is 5.91 Å². The van der Waals surface area contributed by atoms with Crippen molar-refractivity contribution in [3.05, 3.63) is 0 Å². The minimum Gasteiger partial charge on any atom is -0.399 e. The number of carbonyl (C=O) groups is 1. The normalized spacial score (nSPS) is 21.8. The summed E-state index contributed by atoms with van der Waals surface area (Å²) in [4.78, 5) is 23.0. The zero-order chi connectivity index (χ0) is 13.5. The summed E-state index contributed by atoms with van der Waals surface area (Å²) in [5.74, 6) is -0.311. The number of nitrogens with zero attached hydrogens (tertiary/aromatic N) is 3. The average Bonchev–Trinajstić information content (AvgIpc) is 2.35. The van der Waals surface area contributed by atoms with Crippen molar-refractivity contribution in [3.63, 3.8) is 0 Å². The fourth-order valence-electron chi connectivity index (χ4n) is 1.82. The minimum atomic E-state index is -0.480. The smallest absolute Gasteiger partial charge is 0.278 e. The standard InChI is InChI=1S/C11H19N3O4/c1-8(12-17-2)10(13-18-3)11(16)14-6-4-5-9(15)7-14/h9,15H,4-7H2,1-3H3. The van der Waals surface area contributed by atoms with Crippen LogP contribution >= 0.6 is 0 Å². The lowest BCUT2D eigenvalue weighted by Gasteiger charge is -2.30. The maximum absolute atomic E-state index is 12.2. The zero-order valence-electron chi connectivity index (χ0n) is 10.9. The highest BCUT2D eigenvalue weighted by molar-refractivity contribution is 6.66. The first-order chi connectivity index (χ1) is 8.60. The molecular formula is C11H19N3O4. The third-order valence-electron chi connectivity index (χ3n) is 2.64. The maximum Gasteiger partial charge on any atom is 0.278 e. The molecule has 7 heteroatoms. The monoisotopic (exact) mass is 257 g/mol. The van der Waals surface area contributed by atoms with Gasteiger partial charge in [0.2, 0.25) is 0 Å². The first-order valence-electron chi connectivity index (χ1n) is 5.76. The number of oxime groups is 2. The number of β-amino-alcohol motifs (C(OH)–C–C–N with tert-alkyl or cyclic N) is 1. The Morgan fingerprint density at radius 2 is 2.00 bits per heavy atom. The van der Waals surface area contributed by atoms with Gasteiger partial charge >= 0.3 is 0 Å². The molecule has 1 amide bonds. The van der Waals surface area contributed by atoms with Gasteiger partial charge in [0, 0.05) is 13.1 Å². The molecule has 18 heavy (non-hydrogen) atoms. The Morgan fingerprint density at radius 1 is 1.33 bits per heavy atom. The van der Waals surface area contributed by atoms with Crippen molar-refractivity contribution in [1.82, 2.24) is 4.90 Å². The van der Waals surface area contributed by atoms with Gasteiger partial charge < -0.3 is 19.7 Å². The Hall–Kier alpha value is -1.63. The van der Waals surface area contributed by atoms with Crippen LogP contribution in [0, 0.1) is 0 Å². The molecule has 7 nitrogen and oxygen atoms in total. The molecule has 1 fully saturated rings. The Labute approximate surface area is 106 Å². The van der Waals surface area contributed by atoms with Gasteiger partial charge in [-0.05, 0) is 19.8 Å². The number of likely N-dealkylation sites (tertiary alicyclic amines) is 1. The quantitative estimate of drug-likeness (QED) is 0.567. The van der Waals surface area contributed by atoms with Crippen molar-refractivity contribution in [2.75, 3.05) is 27.3 Å². The molecule has 0 spiro atoms. The van der Waals surface area contributed by atoms with Crippen molar-refractivity contribution in [1.29, 1.82) is 0 Å². The molecule has 0 bridgehead atoms. The van der Waals surface area contributed by atoms with E-state index in [0.29, 0.717) is 25.2 Å². The van der Waals surface area contributed by atoms with Gasteiger partial charge in [-0.1, -0.05) is 10.3 Å². The van der Waals surface area contributed by atoms with E-state index < -0.39 is 6.10 Å². The van der Waals surface area contributed by atoms with Gasteiger partial charge in [-0.15, -0.1) is 0 Å². The number of hydrogen-bond acceptors (Lipinski definition) is 6. The SMILES string of the molecule is CON=C(C)C(=NOC)C(=O)N1CCCC(O)C1. The van der Waals surface area contributed by atoms with Crippen LogP contribution in [0.3, 0.4) is 0 Å². The summed E-state index contributed by atoms with van der Waals surface area (Å²) in [7, 11) is 2.75. The molecule has 0 aliphatic carbocycles. The molecule has 1 aliphatic heterocycles. The highest BCUT2D eigenvalue weighted by Gasteiger charge is 2.27. The van der Waals surface area contributed by atoms with E-state index in [4.69, 9.17) is 0 Å². The first kappa shape index (κ1) is 14.4. The number of aliphatic hydroxyl groups is 1. The summed E-state index contributed by atoms with van der Waals surface area (Å²) in [5, 5.41) is 16.9. The lowest BCUT2D eigenvalue weighted by atomic mass is 10.1. The van der Waals surface area contributed by atoms with Gasteiger partial charge in [0.15, 0.2) is 5.71 Å². The number of amides is 1. The van der Waals surface area contributed by atoms with Crippen LogP contribution in [0.1, 0.15) is 19.8 Å². The Bertz CT molecular complexity index is 354. The summed E-state index contributed by atoms with van der Waals surface area (Å²) >= 11 is 0. The fourth-order valence-corrected chi connectivity index (χ4v) is 1.82. The molecule has 0 aromatic rings. The van der Waals surface area contributed by atoms with Crippen LogP contribution in [-0.2, 0) is 14.5 Å². The summed E-state index contributed by atoms with van der Waals surface area (Å²) in [6.07, 6.45) is 1.01. The summed E-state index contributed by atoms with van der Waals surface area (Å²) in [5.41, 5.74) is 0.429. The second-order valence-corrected chi connectivity index (χ2v) is 4.03. The van der Waals surface area contributed by atoms with Crippen molar-refractivity contribution in [3.8, 4) is 0 Å². The second kappa shape index (κ2) is 6.95. The zero-order valence-corrected chi connectivity index (χ0v) is 10.9. The van der Waals surface area contributed by atoms with Gasteiger partial charge in [0.1, 0.15) is 19.9 Å². The molecular weight excluding hydrogens is 238 g/mol. The highest BCUT2D eigenvalue weighted by Crippen LogP contribution is 2.10.